The molecule has 1 aliphatic heterocycles. The third kappa shape index (κ3) is 1.76. The van der Waals surface area contributed by atoms with Crippen LogP contribution in [0.5, 0.6) is 0 Å². The second-order valence-corrected chi connectivity index (χ2v) is 3.62. The number of amides is 2. The van der Waals surface area contributed by atoms with Crippen molar-refractivity contribution in [2.75, 3.05) is 6.61 Å². The number of imide groups is 1. The van der Waals surface area contributed by atoms with Gasteiger partial charge in [-0.25, -0.2) is 9.69 Å². The summed E-state index contributed by atoms with van der Waals surface area (Å²) >= 11 is 0. The Labute approximate surface area is 82.0 Å². The number of nitrogens with zero attached hydrogens (tertiary/aromatic N) is 1. The SMILES string of the molecule is CC(=O)C(=O)N1C(=O)OC[C@@H]1C(C)C. The molecule has 14 heavy (non-hydrogen) atoms. The van der Waals surface area contributed by atoms with Gasteiger partial charge in [-0.3, -0.25) is 9.59 Å². The van der Waals surface area contributed by atoms with Crippen LogP contribution in [-0.2, 0) is 14.3 Å². The summed E-state index contributed by atoms with van der Waals surface area (Å²) < 4.78 is 4.72. The number of Topliss-reactive ketones (excluding diaryl/α,β-unsaturated/α-hetero) is 1. The molecule has 1 aliphatic rings. The van der Waals surface area contributed by atoms with Crippen LogP contribution < -0.4 is 0 Å². The van der Waals surface area contributed by atoms with Gasteiger partial charge in [0.15, 0.2) is 0 Å². The number of hydrogen-bond donors (Lipinski definition) is 0. The van der Waals surface area contributed by atoms with Gasteiger partial charge in [0.25, 0.3) is 5.91 Å². The van der Waals surface area contributed by atoms with Gasteiger partial charge in [-0.1, -0.05) is 13.8 Å². The fraction of sp³-hybridized carbons (Fsp3) is 0.667. The van der Waals surface area contributed by atoms with Crippen LogP contribution >= 0.6 is 0 Å². The van der Waals surface area contributed by atoms with E-state index in [0.29, 0.717) is 0 Å². The predicted molar refractivity (Wildman–Crippen MR) is 47.5 cm³/mol. The van der Waals surface area contributed by atoms with Crippen molar-refractivity contribution in [1.82, 2.24) is 4.90 Å². The van der Waals surface area contributed by atoms with Crippen molar-refractivity contribution in [1.29, 1.82) is 0 Å². The van der Waals surface area contributed by atoms with E-state index >= 15 is 0 Å². The highest BCUT2D eigenvalue weighted by Gasteiger charge is 2.40. The Morgan fingerprint density at radius 1 is 1.50 bits per heavy atom. The van der Waals surface area contributed by atoms with Crippen LogP contribution in [0.4, 0.5) is 4.79 Å². The van der Waals surface area contributed by atoms with Gasteiger partial charge < -0.3 is 4.74 Å². The van der Waals surface area contributed by atoms with E-state index in [1.54, 1.807) is 0 Å². The maximum Gasteiger partial charge on any atom is 0.417 e. The van der Waals surface area contributed by atoms with Crippen molar-refractivity contribution < 1.29 is 19.1 Å². The lowest BCUT2D eigenvalue weighted by Gasteiger charge is -2.20. The molecule has 1 heterocycles. The van der Waals surface area contributed by atoms with Gasteiger partial charge in [-0.2, -0.15) is 0 Å². The molecule has 1 rings (SSSR count). The lowest BCUT2D eigenvalue weighted by Crippen LogP contribution is -2.44. The Bertz CT molecular complexity index is 285. The maximum atomic E-state index is 11.3. The lowest BCUT2D eigenvalue weighted by molar-refractivity contribution is -0.142. The number of ketones is 1. The van der Waals surface area contributed by atoms with E-state index < -0.39 is 17.8 Å². The summed E-state index contributed by atoms with van der Waals surface area (Å²) in [5.41, 5.74) is 0. The monoisotopic (exact) mass is 199 g/mol. The number of cyclic esters (lactones) is 1. The van der Waals surface area contributed by atoms with E-state index in [4.69, 9.17) is 4.74 Å². The first-order valence-corrected chi connectivity index (χ1v) is 4.46. The highest BCUT2D eigenvalue weighted by atomic mass is 16.6. The van der Waals surface area contributed by atoms with Crippen LogP contribution in [0.2, 0.25) is 0 Å². The molecule has 1 fully saturated rings. The first-order chi connectivity index (χ1) is 6.45. The minimum Gasteiger partial charge on any atom is -0.447 e. The second kappa shape index (κ2) is 3.77. The average Bonchev–Trinajstić information content (AvgIpc) is 2.45. The van der Waals surface area contributed by atoms with Crippen molar-refractivity contribution in [3.8, 4) is 0 Å². The number of carbonyl (C=O) groups is 3. The minimum absolute atomic E-state index is 0.0877. The minimum atomic E-state index is -0.786. The van der Waals surface area contributed by atoms with E-state index in [9.17, 15) is 14.4 Å². The van der Waals surface area contributed by atoms with Gasteiger partial charge in [0.2, 0.25) is 5.78 Å². The maximum absolute atomic E-state index is 11.3. The van der Waals surface area contributed by atoms with Gasteiger partial charge in [-0.05, 0) is 5.92 Å². The Balaban J connectivity index is 2.87. The van der Waals surface area contributed by atoms with Crippen LogP contribution in [0.25, 0.3) is 0 Å². The number of hydrogen-bond acceptors (Lipinski definition) is 4. The summed E-state index contributed by atoms with van der Waals surface area (Å²) in [6, 6.07) is -0.320. The summed E-state index contributed by atoms with van der Waals surface area (Å²) in [4.78, 5) is 34.3. The summed E-state index contributed by atoms with van der Waals surface area (Å²) in [6.45, 7) is 5.06. The number of ether oxygens (including phenoxy) is 1. The van der Waals surface area contributed by atoms with Crippen molar-refractivity contribution in [3.05, 3.63) is 0 Å². The van der Waals surface area contributed by atoms with E-state index in [1.165, 1.54) is 0 Å². The smallest absolute Gasteiger partial charge is 0.417 e. The molecular weight excluding hydrogens is 186 g/mol. The molecule has 5 nitrogen and oxygen atoms in total. The normalized spacial score (nSPS) is 21.3. The van der Waals surface area contributed by atoms with Crippen LogP contribution in [0.1, 0.15) is 20.8 Å². The molecule has 0 aromatic heterocycles. The molecule has 0 spiro atoms. The van der Waals surface area contributed by atoms with Gasteiger partial charge in [0, 0.05) is 6.92 Å². The molecule has 0 aliphatic carbocycles. The Kier molecular flexibility index (Phi) is 2.88. The first kappa shape index (κ1) is 10.7. The first-order valence-electron chi connectivity index (χ1n) is 4.46. The van der Waals surface area contributed by atoms with Crippen LogP contribution in [-0.4, -0.2) is 35.3 Å². The van der Waals surface area contributed by atoms with E-state index in [1.807, 2.05) is 13.8 Å². The summed E-state index contributed by atoms with van der Waals surface area (Å²) in [5.74, 6) is -1.34. The topological polar surface area (TPSA) is 63.7 Å². The zero-order valence-electron chi connectivity index (χ0n) is 8.44. The standard InChI is InChI=1S/C9H13NO4/c1-5(2)7-4-14-9(13)10(7)8(12)6(3)11/h5,7H,4H2,1-3H3/t7-/m1/s1. The molecule has 1 saturated heterocycles. The molecule has 0 radical (unpaired) electrons. The summed E-state index contributed by atoms with van der Waals surface area (Å²) in [6.07, 6.45) is -0.719. The van der Waals surface area contributed by atoms with Crippen molar-refractivity contribution in [2.24, 2.45) is 5.92 Å². The molecule has 0 saturated carbocycles. The van der Waals surface area contributed by atoms with Gasteiger partial charge in [0.1, 0.15) is 6.61 Å². The third-order valence-corrected chi connectivity index (χ3v) is 2.20. The van der Waals surface area contributed by atoms with Crippen molar-refractivity contribution in [2.45, 2.75) is 26.8 Å². The molecule has 5 heteroatoms. The van der Waals surface area contributed by atoms with E-state index in [-0.39, 0.29) is 18.6 Å². The largest absolute Gasteiger partial charge is 0.447 e. The Morgan fingerprint density at radius 2 is 2.07 bits per heavy atom. The van der Waals surface area contributed by atoms with Gasteiger partial charge >= 0.3 is 6.09 Å². The van der Waals surface area contributed by atoms with Crippen molar-refractivity contribution in [3.63, 3.8) is 0 Å². The van der Waals surface area contributed by atoms with Crippen LogP contribution in [0.15, 0.2) is 0 Å². The molecule has 2 amide bonds. The van der Waals surface area contributed by atoms with E-state index in [2.05, 4.69) is 0 Å². The molecule has 0 bridgehead atoms. The molecule has 0 N–H and O–H groups in total. The Hall–Kier alpha value is -1.39. The molecule has 78 valence electrons. The van der Waals surface area contributed by atoms with Crippen molar-refractivity contribution >= 4 is 17.8 Å². The molecule has 1 atom stereocenters. The molecule has 0 unspecified atom stereocenters. The zero-order chi connectivity index (χ0) is 10.9. The predicted octanol–water partition coefficient (Wildman–Crippen LogP) is 0.579. The highest BCUT2D eigenvalue weighted by Crippen LogP contribution is 2.19. The average molecular weight is 199 g/mol. The van der Waals surface area contributed by atoms with Gasteiger partial charge in [0.05, 0.1) is 6.04 Å². The molecular formula is C9H13NO4. The fourth-order valence-electron chi connectivity index (χ4n) is 1.33. The van der Waals surface area contributed by atoms with Gasteiger partial charge in [-0.15, -0.1) is 0 Å². The summed E-state index contributed by atoms with van der Waals surface area (Å²) in [5, 5.41) is 0. The van der Waals surface area contributed by atoms with Crippen LogP contribution in [0, 0.1) is 5.92 Å². The third-order valence-electron chi connectivity index (χ3n) is 2.20. The lowest BCUT2D eigenvalue weighted by atomic mass is 10.0. The zero-order valence-corrected chi connectivity index (χ0v) is 8.44. The second-order valence-electron chi connectivity index (χ2n) is 3.62. The van der Waals surface area contributed by atoms with Crippen LogP contribution in [0.3, 0.4) is 0 Å². The summed E-state index contributed by atoms with van der Waals surface area (Å²) in [7, 11) is 0. The Morgan fingerprint density at radius 3 is 2.50 bits per heavy atom. The highest BCUT2D eigenvalue weighted by molar-refractivity contribution is 6.37. The fourth-order valence-corrected chi connectivity index (χ4v) is 1.33. The quantitative estimate of drug-likeness (QED) is 0.610. The molecule has 0 aromatic rings. The van der Waals surface area contributed by atoms with E-state index in [0.717, 1.165) is 11.8 Å². The number of rotatable bonds is 2. The molecule has 0 aromatic carbocycles. The number of carbonyl (C=O) groups excluding carboxylic acids is 3.